The van der Waals surface area contributed by atoms with Crippen LogP contribution in [0.2, 0.25) is 5.15 Å². The number of aromatic nitrogens is 2. The van der Waals surface area contributed by atoms with Gasteiger partial charge >= 0.3 is 0 Å². The van der Waals surface area contributed by atoms with E-state index < -0.39 is 0 Å². The van der Waals surface area contributed by atoms with Crippen LogP contribution in [0.4, 0.5) is 0 Å². The van der Waals surface area contributed by atoms with Gasteiger partial charge < -0.3 is 0 Å². The standard InChI is InChI=1S/C15H17BrCl2N2/c1-10(2)7-14-13(8-17)15(18)20(19-14)9-11-3-5-12(16)6-4-11/h3-6,10H,7-9H2,1-2H3. The smallest absolute Gasteiger partial charge is 0.132 e. The summed E-state index contributed by atoms with van der Waals surface area (Å²) < 4.78 is 2.90. The SMILES string of the molecule is CC(C)Cc1nn(Cc2ccc(Br)cc2)c(Cl)c1CCl. The second-order valence-corrected chi connectivity index (χ2v) is 6.77. The molecule has 0 spiro atoms. The van der Waals surface area contributed by atoms with Crippen molar-refractivity contribution in [3.63, 3.8) is 0 Å². The first-order valence-electron chi connectivity index (χ1n) is 6.55. The fourth-order valence-corrected chi connectivity index (χ4v) is 2.96. The van der Waals surface area contributed by atoms with Crippen molar-refractivity contribution in [1.82, 2.24) is 9.78 Å². The van der Waals surface area contributed by atoms with Gasteiger partial charge in [-0.05, 0) is 30.0 Å². The summed E-state index contributed by atoms with van der Waals surface area (Å²) in [7, 11) is 0. The van der Waals surface area contributed by atoms with Crippen molar-refractivity contribution < 1.29 is 0 Å². The lowest BCUT2D eigenvalue weighted by Crippen LogP contribution is -2.03. The molecule has 2 aromatic rings. The van der Waals surface area contributed by atoms with Crippen LogP contribution in [-0.4, -0.2) is 9.78 Å². The average molecular weight is 376 g/mol. The van der Waals surface area contributed by atoms with E-state index in [4.69, 9.17) is 23.2 Å². The Labute approximate surface area is 138 Å². The maximum Gasteiger partial charge on any atom is 0.132 e. The van der Waals surface area contributed by atoms with E-state index >= 15 is 0 Å². The van der Waals surface area contributed by atoms with Gasteiger partial charge in [0, 0.05) is 10.0 Å². The molecule has 2 nitrogen and oxygen atoms in total. The topological polar surface area (TPSA) is 17.8 Å². The summed E-state index contributed by atoms with van der Waals surface area (Å²) in [6.07, 6.45) is 0.898. The summed E-state index contributed by atoms with van der Waals surface area (Å²) in [5.74, 6) is 0.936. The lowest BCUT2D eigenvalue weighted by atomic mass is 10.1. The van der Waals surface area contributed by atoms with Gasteiger partial charge in [0.05, 0.1) is 18.1 Å². The monoisotopic (exact) mass is 374 g/mol. The van der Waals surface area contributed by atoms with Crippen LogP contribution in [0.3, 0.4) is 0 Å². The fraction of sp³-hybridized carbons (Fsp3) is 0.400. The van der Waals surface area contributed by atoms with Crippen molar-refractivity contribution in [3.8, 4) is 0 Å². The van der Waals surface area contributed by atoms with Crippen molar-refractivity contribution in [3.05, 3.63) is 50.7 Å². The molecule has 20 heavy (non-hydrogen) atoms. The molecule has 5 heteroatoms. The Morgan fingerprint density at radius 2 is 1.90 bits per heavy atom. The summed E-state index contributed by atoms with van der Waals surface area (Å²) in [6, 6.07) is 8.16. The Morgan fingerprint density at radius 3 is 2.45 bits per heavy atom. The molecular weight excluding hydrogens is 359 g/mol. The molecule has 0 saturated heterocycles. The largest absolute Gasteiger partial charge is 0.249 e. The van der Waals surface area contributed by atoms with E-state index in [1.54, 1.807) is 0 Å². The van der Waals surface area contributed by atoms with Gasteiger partial charge in [0.2, 0.25) is 0 Å². The number of hydrogen-bond donors (Lipinski definition) is 0. The van der Waals surface area contributed by atoms with Crippen molar-refractivity contribution >= 4 is 39.1 Å². The lowest BCUT2D eigenvalue weighted by Gasteiger charge is -2.04. The van der Waals surface area contributed by atoms with Gasteiger partial charge in [0.15, 0.2) is 0 Å². The molecule has 0 N–H and O–H groups in total. The van der Waals surface area contributed by atoms with Gasteiger partial charge in [-0.1, -0.05) is 53.5 Å². The highest BCUT2D eigenvalue weighted by Gasteiger charge is 2.16. The van der Waals surface area contributed by atoms with Crippen LogP contribution >= 0.6 is 39.1 Å². The quantitative estimate of drug-likeness (QED) is 0.649. The van der Waals surface area contributed by atoms with Crippen molar-refractivity contribution in [2.24, 2.45) is 5.92 Å². The summed E-state index contributed by atoms with van der Waals surface area (Å²) in [6.45, 7) is 4.99. The van der Waals surface area contributed by atoms with Crippen molar-refractivity contribution in [2.75, 3.05) is 0 Å². The van der Waals surface area contributed by atoms with E-state index in [0.717, 1.165) is 27.7 Å². The summed E-state index contributed by atoms with van der Waals surface area (Å²) in [5, 5.41) is 5.28. The van der Waals surface area contributed by atoms with Crippen LogP contribution in [0.25, 0.3) is 0 Å². The normalized spacial score (nSPS) is 11.3. The summed E-state index contributed by atoms with van der Waals surface area (Å²) >= 11 is 15.8. The van der Waals surface area contributed by atoms with Gasteiger partial charge in [-0.3, -0.25) is 0 Å². The van der Waals surface area contributed by atoms with Crippen LogP contribution in [-0.2, 0) is 18.8 Å². The molecule has 0 radical (unpaired) electrons. The molecule has 1 aromatic carbocycles. The maximum atomic E-state index is 6.40. The lowest BCUT2D eigenvalue weighted by molar-refractivity contribution is 0.607. The third-order valence-corrected chi connectivity index (χ3v) is 4.27. The molecular formula is C15H17BrCl2N2. The van der Waals surface area contributed by atoms with Gasteiger partial charge in [-0.15, -0.1) is 11.6 Å². The van der Waals surface area contributed by atoms with Crippen molar-refractivity contribution in [1.29, 1.82) is 0 Å². The molecule has 2 rings (SSSR count). The first-order chi connectivity index (χ1) is 9.51. The highest BCUT2D eigenvalue weighted by molar-refractivity contribution is 9.10. The minimum atomic E-state index is 0.404. The van der Waals surface area contributed by atoms with E-state index in [-0.39, 0.29) is 0 Å². The number of nitrogens with zero attached hydrogens (tertiary/aromatic N) is 2. The van der Waals surface area contributed by atoms with Gasteiger partial charge in [-0.2, -0.15) is 5.10 Å². The molecule has 1 aromatic heterocycles. The highest BCUT2D eigenvalue weighted by atomic mass is 79.9. The Hall–Kier alpha value is -0.510. The van der Waals surface area contributed by atoms with E-state index in [9.17, 15) is 0 Å². The molecule has 0 bridgehead atoms. The Kier molecular flexibility index (Phi) is 5.53. The predicted octanol–water partition coefficient (Wildman–Crippen LogP) is 5.28. The Balaban J connectivity index is 2.27. The molecule has 0 fully saturated rings. The molecule has 1 heterocycles. The van der Waals surface area contributed by atoms with Gasteiger partial charge in [0.25, 0.3) is 0 Å². The first kappa shape index (κ1) is 15.9. The number of alkyl halides is 1. The zero-order valence-corrected chi connectivity index (χ0v) is 14.6. The van der Waals surface area contributed by atoms with E-state index in [1.165, 1.54) is 0 Å². The minimum absolute atomic E-state index is 0.404. The molecule has 0 saturated carbocycles. The van der Waals surface area contributed by atoms with Crippen LogP contribution in [0.1, 0.15) is 30.7 Å². The summed E-state index contributed by atoms with van der Waals surface area (Å²) in [5.41, 5.74) is 3.13. The average Bonchev–Trinajstić information content (AvgIpc) is 2.67. The van der Waals surface area contributed by atoms with E-state index in [0.29, 0.717) is 23.5 Å². The van der Waals surface area contributed by atoms with Crippen LogP contribution in [0, 0.1) is 5.92 Å². The van der Waals surface area contributed by atoms with Gasteiger partial charge in [0.1, 0.15) is 5.15 Å². The number of rotatable bonds is 5. The molecule has 0 aliphatic heterocycles. The molecule has 0 atom stereocenters. The third kappa shape index (κ3) is 3.78. The molecule has 0 unspecified atom stereocenters. The zero-order chi connectivity index (χ0) is 14.7. The summed E-state index contributed by atoms with van der Waals surface area (Å²) in [4.78, 5) is 0. The molecule has 0 amide bonds. The maximum absolute atomic E-state index is 6.40. The van der Waals surface area contributed by atoms with Crippen LogP contribution in [0.15, 0.2) is 28.7 Å². The zero-order valence-electron chi connectivity index (χ0n) is 11.5. The number of halogens is 3. The molecule has 108 valence electrons. The highest BCUT2D eigenvalue weighted by Crippen LogP contribution is 2.25. The second kappa shape index (κ2) is 6.97. The fourth-order valence-electron chi connectivity index (χ4n) is 2.08. The Bertz CT molecular complexity index is 576. The van der Waals surface area contributed by atoms with E-state index in [2.05, 4.69) is 47.0 Å². The number of benzene rings is 1. The molecule has 0 aliphatic carbocycles. The van der Waals surface area contributed by atoms with E-state index in [1.807, 2.05) is 16.8 Å². The second-order valence-electron chi connectivity index (χ2n) is 5.23. The van der Waals surface area contributed by atoms with Crippen molar-refractivity contribution in [2.45, 2.75) is 32.7 Å². The Morgan fingerprint density at radius 1 is 1.25 bits per heavy atom. The predicted molar refractivity (Wildman–Crippen MR) is 88.6 cm³/mol. The third-order valence-electron chi connectivity index (χ3n) is 3.05. The van der Waals surface area contributed by atoms with Gasteiger partial charge in [-0.25, -0.2) is 4.68 Å². The molecule has 0 aliphatic rings. The first-order valence-corrected chi connectivity index (χ1v) is 8.26. The van der Waals surface area contributed by atoms with Crippen LogP contribution < -0.4 is 0 Å². The minimum Gasteiger partial charge on any atom is -0.249 e. The van der Waals surface area contributed by atoms with Crippen LogP contribution in [0.5, 0.6) is 0 Å². The number of hydrogen-bond acceptors (Lipinski definition) is 1.